The Morgan fingerprint density at radius 3 is 2.29 bits per heavy atom. The van der Waals surface area contributed by atoms with Crippen molar-refractivity contribution in [1.82, 2.24) is 4.90 Å². The van der Waals surface area contributed by atoms with E-state index in [1.807, 2.05) is 44.2 Å². The lowest BCUT2D eigenvalue weighted by atomic mass is 10.1. The molecule has 1 atom stereocenters. The van der Waals surface area contributed by atoms with Gasteiger partial charge in [0.1, 0.15) is 0 Å². The summed E-state index contributed by atoms with van der Waals surface area (Å²) in [5.41, 5.74) is 6.99. The minimum absolute atomic E-state index is 0. The molecular weight excluding hydrogens is 236 g/mol. The number of hydrogen-bond donors (Lipinski definition) is 1. The van der Waals surface area contributed by atoms with Crippen LogP contribution in [0, 0.1) is 0 Å². The second-order valence-corrected chi connectivity index (χ2v) is 4.34. The summed E-state index contributed by atoms with van der Waals surface area (Å²) in [5, 5.41) is 0. The Balaban J connectivity index is 0.00000256. The van der Waals surface area contributed by atoms with Crippen LogP contribution in [-0.2, 0) is 11.2 Å². The van der Waals surface area contributed by atoms with Crippen LogP contribution in [0.15, 0.2) is 30.3 Å². The molecule has 1 aromatic rings. The third-order valence-corrected chi connectivity index (χ3v) is 2.74. The number of halogens is 1. The molecule has 0 radical (unpaired) electrons. The van der Waals surface area contributed by atoms with Gasteiger partial charge in [0.2, 0.25) is 5.91 Å². The molecule has 1 amide bonds. The highest BCUT2D eigenvalue weighted by Gasteiger charge is 2.19. The number of carbonyl (C=O) groups is 1. The van der Waals surface area contributed by atoms with Gasteiger partial charge in [-0.15, -0.1) is 12.4 Å². The maximum atomic E-state index is 11.9. The summed E-state index contributed by atoms with van der Waals surface area (Å²) in [7, 11) is 1.79. The van der Waals surface area contributed by atoms with E-state index in [9.17, 15) is 4.79 Å². The summed E-state index contributed by atoms with van der Waals surface area (Å²) in [6.07, 6.45) is 0.594. The van der Waals surface area contributed by atoms with Gasteiger partial charge in [0.05, 0.1) is 6.04 Å². The summed E-state index contributed by atoms with van der Waals surface area (Å²) in [4.78, 5) is 13.6. The minimum Gasteiger partial charge on any atom is -0.342 e. The van der Waals surface area contributed by atoms with Gasteiger partial charge in [0.25, 0.3) is 0 Å². The van der Waals surface area contributed by atoms with E-state index in [4.69, 9.17) is 5.73 Å². The zero-order chi connectivity index (χ0) is 12.1. The van der Waals surface area contributed by atoms with Gasteiger partial charge in [0, 0.05) is 13.1 Å². The number of benzene rings is 1. The molecule has 17 heavy (non-hydrogen) atoms. The average molecular weight is 257 g/mol. The number of nitrogens with zero attached hydrogens (tertiary/aromatic N) is 1. The van der Waals surface area contributed by atoms with Gasteiger partial charge in [-0.25, -0.2) is 0 Å². The number of rotatable bonds is 4. The van der Waals surface area contributed by atoms with E-state index in [0.717, 1.165) is 5.56 Å². The molecule has 0 fully saturated rings. The van der Waals surface area contributed by atoms with Crippen LogP contribution in [0.2, 0.25) is 0 Å². The Morgan fingerprint density at radius 1 is 1.29 bits per heavy atom. The van der Waals surface area contributed by atoms with Crippen molar-refractivity contribution in [3.63, 3.8) is 0 Å². The van der Waals surface area contributed by atoms with Crippen molar-refractivity contribution in [3.05, 3.63) is 35.9 Å². The average Bonchev–Trinajstić information content (AvgIpc) is 2.28. The highest BCUT2D eigenvalue weighted by Crippen LogP contribution is 2.05. The van der Waals surface area contributed by atoms with E-state index in [1.165, 1.54) is 0 Å². The Kier molecular flexibility index (Phi) is 6.85. The summed E-state index contributed by atoms with van der Waals surface area (Å²) in [6, 6.07) is 9.59. The quantitative estimate of drug-likeness (QED) is 0.894. The third kappa shape index (κ3) is 4.75. The van der Waals surface area contributed by atoms with Crippen LogP contribution in [0.3, 0.4) is 0 Å². The van der Waals surface area contributed by atoms with Crippen LogP contribution in [0.1, 0.15) is 19.4 Å². The molecule has 0 heterocycles. The highest BCUT2D eigenvalue weighted by atomic mass is 35.5. The Morgan fingerprint density at radius 2 is 1.82 bits per heavy atom. The molecule has 0 unspecified atom stereocenters. The van der Waals surface area contributed by atoms with Gasteiger partial charge in [-0.2, -0.15) is 0 Å². The first kappa shape index (κ1) is 15.9. The standard InChI is InChI=1S/C13H20N2O.ClH/c1-10(2)15(3)13(16)12(14)9-11-7-5-4-6-8-11;/h4-8,10,12H,9,14H2,1-3H3;1H/t12-;/m0./s1. The van der Waals surface area contributed by atoms with Crippen LogP contribution in [0.4, 0.5) is 0 Å². The molecule has 4 heteroatoms. The molecule has 0 saturated carbocycles. The van der Waals surface area contributed by atoms with Gasteiger partial charge < -0.3 is 10.6 Å². The SMILES string of the molecule is CC(C)N(C)C(=O)[C@@H](N)Cc1ccccc1.Cl. The molecular formula is C13H21ClN2O. The fraction of sp³-hybridized carbons (Fsp3) is 0.462. The van der Waals surface area contributed by atoms with Crippen LogP contribution < -0.4 is 5.73 Å². The van der Waals surface area contributed by atoms with Gasteiger partial charge in [-0.3, -0.25) is 4.79 Å². The molecule has 0 aliphatic carbocycles. The van der Waals surface area contributed by atoms with Gasteiger partial charge in [-0.1, -0.05) is 30.3 Å². The molecule has 0 aromatic heterocycles. The van der Waals surface area contributed by atoms with E-state index in [1.54, 1.807) is 11.9 Å². The van der Waals surface area contributed by atoms with E-state index < -0.39 is 6.04 Å². The molecule has 3 nitrogen and oxygen atoms in total. The first-order chi connectivity index (χ1) is 7.52. The molecule has 1 aromatic carbocycles. The van der Waals surface area contributed by atoms with Crippen LogP contribution in [-0.4, -0.2) is 29.9 Å². The minimum atomic E-state index is -0.449. The predicted molar refractivity (Wildman–Crippen MR) is 73.3 cm³/mol. The zero-order valence-corrected chi connectivity index (χ0v) is 11.4. The Bertz CT molecular complexity index is 341. The smallest absolute Gasteiger partial charge is 0.239 e. The molecule has 0 aliphatic rings. The van der Waals surface area contributed by atoms with E-state index >= 15 is 0 Å². The van der Waals surface area contributed by atoms with E-state index in [-0.39, 0.29) is 24.4 Å². The molecule has 0 aliphatic heterocycles. The first-order valence-corrected chi connectivity index (χ1v) is 5.58. The molecule has 1 rings (SSSR count). The largest absolute Gasteiger partial charge is 0.342 e. The lowest BCUT2D eigenvalue weighted by Gasteiger charge is -2.24. The summed E-state index contributed by atoms with van der Waals surface area (Å²) in [6.45, 7) is 3.96. The van der Waals surface area contributed by atoms with Crippen LogP contribution in [0.25, 0.3) is 0 Å². The fourth-order valence-electron chi connectivity index (χ4n) is 1.47. The van der Waals surface area contributed by atoms with Crippen molar-refractivity contribution in [2.24, 2.45) is 5.73 Å². The number of carbonyl (C=O) groups excluding carboxylic acids is 1. The lowest BCUT2D eigenvalue weighted by molar-refractivity contribution is -0.132. The van der Waals surface area contributed by atoms with Gasteiger partial charge >= 0.3 is 0 Å². The Hall–Kier alpha value is -1.06. The highest BCUT2D eigenvalue weighted by molar-refractivity contribution is 5.85. The predicted octanol–water partition coefficient (Wildman–Crippen LogP) is 1.84. The van der Waals surface area contributed by atoms with E-state index in [2.05, 4.69) is 0 Å². The van der Waals surface area contributed by atoms with Crippen molar-refractivity contribution in [3.8, 4) is 0 Å². The van der Waals surface area contributed by atoms with Crippen LogP contribution in [0.5, 0.6) is 0 Å². The fourth-order valence-corrected chi connectivity index (χ4v) is 1.47. The monoisotopic (exact) mass is 256 g/mol. The van der Waals surface area contributed by atoms with Crippen molar-refractivity contribution >= 4 is 18.3 Å². The van der Waals surface area contributed by atoms with Gasteiger partial charge in [0.15, 0.2) is 0 Å². The lowest BCUT2D eigenvalue weighted by Crippen LogP contribution is -2.45. The number of hydrogen-bond acceptors (Lipinski definition) is 2. The van der Waals surface area contributed by atoms with Gasteiger partial charge in [-0.05, 0) is 25.8 Å². The van der Waals surface area contributed by atoms with Crippen molar-refractivity contribution in [1.29, 1.82) is 0 Å². The molecule has 0 spiro atoms. The maximum absolute atomic E-state index is 11.9. The Labute approximate surface area is 109 Å². The van der Waals surface area contributed by atoms with Crippen molar-refractivity contribution in [2.75, 3.05) is 7.05 Å². The van der Waals surface area contributed by atoms with E-state index in [0.29, 0.717) is 6.42 Å². The maximum Gasteiger partial charge on any atom is 0.239 e. The van der Waals surface area contributed by atoms with Crippen molar-refractivity contribution < 1.29 is 4.79 Å². The first-order valence-electron chi connectivity index (χ1n) is 5.58. The number of nitrogens with two attached hydrogens (primary N) is 1. The summed E-state index contributed by atoms with van der Waals surface area (Å²) < 4.78 is 0. The topological polar surface area (TPSA) is 46.3 Å². The zero-order valence-electron chi connectivity index (χ0n) is 10.6. The molecule has 2 N–H and O–H groups in total. The normalized spacial score (nSPS) is 11.8. The van der Waals surface area contributed by atoms with Crippen molar-refractivity contribution in [2.45, 2.75) is 32.4 Å². The summed E-state index contributed by atoms with van der Waals surface area (Å²) in [5.74, 6) is -0.00106. The second-order valence-electron chi connectivity index (χ2n) is 4.34. The summed E-state index contributed by atoms with van der Waals surface area (Å²) >= 11 is 0. The molecule has 0 bridgehead atoms. The van der Waals surface area contributed by atoms with Crippen LogP contribution >= 0.6 is 12.4 Å². The second kappa shape index (κ2) is 7.30. The third-order valence-electron chi connectivity index (χ3n) is 2.74. The molecule has 0 saturated heterocycles. The molecule has 96 valence electrons. The number of likely N-dealkylation sites (N-methyl/N-ethyl adjacent to an activating group) is 1. The number of amides is 1.